The smallest absolute Gasteiger partial charge is 0.375 e. The van der Waals surface area contributed by atoms with Crippen LogP contribution in [-0.2, 0) is 22.6 Å². The molecule has 3 aromatic rings. The zero-order valence-corrected chi connectivity index (χ0v) is 16.4. The third-order valence-electron chi connectivity index (χ3n) is 4.05. The molecule has 0 radical (unpaired) electrons. The number of ether oxygens (including phenoxy) is 2. The van der Waals surface area contributed by atoms with Crippen LogP contribution in [0.4, 0.5) is 0 Å². The summed E-state index contributed by atoms with van der Waals surface area (Å²) in [5.74, 6) is -0.404. The number of amides is 1. The number of benzene rings is 2. The molecule has 0 fully saturated rings. The molecular weight excluding hydrogens is 394 g/mol. The van der Waals surface area contributed by atoms with E-state index < -0.39 is 5.97 Å². The fraction of sp³-hybridized carbons (Fsp3) is 0.182. The molecule has 1 heterocycles. The van der Waals surface area contributed by atoms with Crippen LogP contribution < -0.4 is 10.1 Å². The molecule has 0 aliphatic rings. The van der Waals surface area contributed by atoms with Crippen molar-refractivity contribution >= 4 is 23.5 Å². The standard InChI is InChI=1S/C22H20ClNO5/c23-18-8-6-16(7-9-18)10-12-24-20(25)15-29-22(26)21-17(11-13-27-21)14-28-19-4-2-1-3-5-19/h1-9,11,13H,10,12,14-15H2,(H,24,25). The summed E-state index contributed by atoms with van der Waals surface area (Å²) in [5, 5.41) is 3.37. The van der Waals surface area contributed by atoms with Gasteiger partial charge in [0.05, 0.1) is 6.26 Å². The Morgan fingerprint density at radius 1 is 1.00 bits per heavy atom. The summed E-state index contributed by atoms with van der Waals surface area (Å²) in [5.41, 5.74) is 1.59. The zero-order valence-electron chi connectivity index (χ0n) is 15.6. The number of nitrogens with one attached hydrogen (secondary N) is 1. The number of para-hydroxylation sites is 1. The Hall–Kier alpha value is -3.25. The maximum absolute atomic E-state index is 12.2. The molecule has 0 spiro atoms. The summed E-state index contributed by atoms with van der Waals surface area (Å²) in [6.45, 7) is 0.187. The third-order valence-corrected chi connectivity index (χ3v) is 4.31. The van der Waals surface area contributed by atoms with Gasteiger partial charge in [-0.15, -0.1) is 0 Å². The van der Waals surface area contributed by atoms with Crippen molar-refractivity contribution < 1.29 is 23.5 Å². The third kappa shape index (κ3) is 6.40. The van der Waals surface area contributed by atoms with Gasteiger partial charge >= 0.3 is 5.97 Å². The topological polar surface area (TPSA) is 77.8 Å². The van der Waals surface area contributed by atoms with Crippen molar-refractivity contribution in [3.05, 3.63) is 88.8 Å². The number of esters is 1. The minimum atomic E-state index is -0.713. The minimum Gasteiger partial charge on any atom is -0.489 e. The van der Waals surface area contributed by atoms with Crippen LogP contribution >= 0.6 is 11.6 Å². The molecule has 0 atom stereocenters. The van der Waals surface area contributed by atoms with Gasteiger partial charge in [-0.3, -0.25) is 4.79 Å². The average molecular weight is 414 g/mol. The van der Waals surface area contributed by atoms with Crippen LogP contribution in [0.25, 0.3) is 0 Å². The molecule has 1 N–H and O–H groups in total. The average Bonchev–Trinajstić information content (AvgIpc) is 3.21. The van der Waals surface area contributed by atoms with Crippen molar-refractivity contribution in [1.29, 1.82) is 0 Å². The molecule has 1 amide bonds. The van der Waals surface area contributed by atoms with Crippen molar-refractivity contribution in [2.45, 2.75) is 13.0 Å². The summed E-state index contributed by atoms with van der Waals surface area (Å²) in [6, 6.07) is 18.2. The number of hydrogen-bond donors (Lipinski definition) is 1. The van der Waals surface area contributed by atoms with E-state index in [2.05, 4.69) is 5.32 Å². The molecule has 0 saturated carbocycles. The highest BCUT2D eigenvalue weighted by molar-refractivity contribution is 6.30. The Balaban J connectivity index is 1.41. The van der Waals surface area contributed by atoms with Crippen molar-refractivity contribution in [2.75, 3.05) is 13.2 Å². The molecular formula is C22H20ClNO5. The predicted molar refractivity (Wildman–Crippen MR) is 108 cm³/mol. The number of furan rings is 1. The van der Waals surface area contributed by atoms with Crippen LogP contribution in [-0.4, -0.2) is 25.0 Å². The van der Waals surface area contributed by atoms with Crippen LogP contribution in [0.5, 0.6) is 5.75 Å². The normalized spacial score (nSPS) is 10.4. The van der Waals surface area contributed by atoms with Gasteiger partial charge < -0.3 is 19.2 Å². The van der Waals surface area contributed by atoms with Gasteiger partial charge in [0.15, 0.2) is 6.61 Å². The van der Waals surface area contributed by atoms with Crippen LogP contribution in [0.15, 0.2) is 71.3 Å². The summed E-state index contributed by atoms with van der Waals surface area (Å²) < 4.78 is 15.9. The van der Waals surface area contributed by atoms with Gasteiger partial charge in [-0.25, -0.2) is 4.79 Å². The van der Waals surface area contributed by atoms with Crippen molar-refractivity contribution in [3.8, 4) is 5.75 Å². The first-order valence-electron chi connectivity index (χ1n) is 9.04. The quantitative estimate of drug-likeness (QED) is 0.536. The van der Waals surface area contributed by atoms with Crippen LogP contribution in [0.2, 0.25) is 5.02 Å². The molecule has 3 rings (SSSR count). The minimum absolute atomic E-state index is 0.0231. The molecule has 150 valence electrons. The van der Waals surface area contributed by atoms with E-state index in [4.69, 9.17) is 25.5 Å². The summed E-state index contributed by atoms with van der Waals surface area (Å²) in [4.78, 5) is 24.1. The van der Waals surface area contributed by atoms with Crippen LogP contribution in [0.1, 0.15) is 21.7 Å². The summed E-state index contributed by atoms with van der Waals surface area (Å²) in [6.07, 6.45) is 2.03. The van der Waals surface area contributed by atoms with Gasteiger partial charge in [0.1, 0.15) is 12.4 Å². The van der Waals surface area contributed by atoms with E-state index in [0.29, 0.717) is 29.3 Å². The number of hydrogen-bond acceptors (Lipinski definition) is 5. The Morgan fingerprint density at radius 2 is 1.76 bits per heavy atom. The fourth-order valence-corrected chi connectivity index (χ4v) is 2.68. The van der Waals surface area contributed by atoms with E-state index in [0.717, 1.165) is 5.56 Å². The Kier molecular flexibility index (Phi) is 7.30. The van der Waals surface area contributed by atoms with Crippen LogP contribution in [0.3, 0.4) is 0 Å². The van der Waals surface area contributed by atoms with Gasteiger partial charge in [-0.1, -0.05) is 41.9 Å². The van der Waals surface area contributed by atoms with Gasteiger partial charge in [0.25, 0.3) is 5.91 Å². The summed E-state index contributed by atoms with van der Waals surface area (Å²) in [7, 11) is 0. The number of rotatable bonds is 9. The molecule has 0 saturated heterocycles. The number of halogens is 1. The second-order valence-electron chi connectivity index (χ2n) is 6.18. The Labute approximate surface area is 173 Å². The highest BCUT2D eigenvalue weighted by atomic mass is 35.5. The fourth-order valence-electron chi connectivity index (χ4n) is 2.55. The Bertz CT molecular complexity index is 937. The second kappa shape index (κ2) is 10.3. The highest BCUT2D eigenvalue weighted by Crippen LogP contribution is 2.16. The lowest BCUT2D eigenvalue weighted by atomic mass is 10.1. The lowest BCUT2D eigenvalue weighted by molar-refractivity contribution is -0.124. The first-order chi connectivity index (χ1) is 14.1. The zero-order chi connectivity index (χ0) is 20.5. The molecule has 0 bridgehead atoms. The molecule has 7 heteroatoms. The first kappa shape index (κ1) is 20.5. The molecule has 0 aliphatic carbocycles. The van der Waals surface area contributed by atoms with Gasteiger partial charge in [0, 0.05) is 17.1 Å². The molecule has 0 aliphatic heterocycles. The number of carbonyl (C=O) groups is 2. The van der Waals surface area contributed by atoms with Crippen molar-refractivity contribution in [1.82, 2.24) is 5.32 Å². The monoisotopic (exact) mass is 413 g/mol. The molecule has 29 heavy (non-hydrogen) atoms. The molecule has 1 aromatic heterocycles. The molecule has 2 aromatic carbocycles. The Morgan fingerprint density at radius 3 is 2.52 bits per heavy atom. The van der Waals surface area contributed by atoms with Gasteiger partial charge in [0.2, 0.25) is 5.76 Å². The second-order valence-corrected chi connectivity index (χ2v) is 6.62. The lowest BCUT2D eigenvalue weighted by Crippen LogP contribution is -2.30. The maximum atomic E-state index is 12.2. The maximum Gasteiger partial charge on any atom is 0.375 e. The highest BCUT2D eigenvalue weighted by Gasteiger charge is 2.18. The molecule has 6 nitrogen and oxygen atoms in total. The first-order valence-corrected chi connectivity index (χ1v) is 9.42. The lowest BCUT2D eigenvalue weighted by Gasteiger charge is -2.08. The van der Waals surface area contributed by atoms with E-state index in [9.17, 15) is 9.59 Å². The SMILES string of the molecule is O=C(COC(=O)c1occc1COc1ccccc1)NCCc1ccc(Cl)cc1. The van der Waals surface area contributed by atoms with E-state index in [1.54, 1.807) is 18.2 Å². The van der Waals surface area contributed by atoms with Gasteiger partial charge in [-0.05, 0) is 42.3 Å². The summed E-state index contributed by atoms with van der Waals surface area (Å²) >= 11 is 5.84. The predicted octanol–water partition coefficient (Wildman–Crippen LogP) is 4.03. The largest absolute Gasteiger partial charge is 0.489 e. The van der Waals surface area contributed by atoms with Crippen molar-refractivity contribution in [3.63, 3.8) is 0 Å². The van der Waals surface area contributed by atoms with E-state index in [1.165, 1.54) is 6.26 Å². The van der Waals surface area contributed by atoms with E-state index in [1.807, 2.05) is 42.5 Å². The van der Waals surface area contributed by atoms with Gasteiger partial charge in [-0.2, -0.15) is 0 Å². The van der Waals surface area contributed by atoms with E-state index >= 15 is 0 Å². The molecule has 0 unspecified atom stereocenters. The van der Waals surface area contributed by atoms with Crippen molar-refractivity contribution in [2.24, 2.45) is 0 Å². The number of carbonyl (C=O) groups excluding carboxylic acids is 2. The van der Waals surface area contributed by atoms with Crippen LogP contribution in [0, 0.1) is 0 Å². The van der Waals surface area contributed by atoms with E-state index in [-0.39, 0.29) is 24.9 Å².